The zero-order valence-corrected chi connectivity index (χ0v) is 15.8. The maximum absolute atomic E-state index is 13.1. The van der Waals surface area contributed by atoms with Gasteiger partial charge in [0.1, 0.15) is 11.5 Å². The van der Waals surface area contributed by atoms with Crippen LogP contribution in [0.3, 0.4) is 0 Å². The summed E-state index contributed by atoms with van der Waals surface area (Å²) in [5.74, 6) is -0.465. The third kappa shape index (κ3) is 3.56. The van der Waals surface area contributed by atoms with Crippen LogP contribution in [0.5, 0.6) is 0 Å². The Bertz CT molecular complexity index is 1130. The fourth-order valence-corrected chi connectivity index (χ4v) is 3.31. The molecule has 140 valence electrons. The standard InChI is InChI=1S/C23H20FN3O/c1-15-3-5-17(6-4-15)20-12-18(14-27-10-9-25-23(20)27)22(28)11-16(2)21-8-7-19(24)13-26-21/h3-10,12-14,16H,11H2,1-2H3/t16-/m0/s1. The van der Waals surface area contributed by atoms with Gasteiger partial charge in [-0.3, -0.25) is 9.78 Å². The van der Waals surface area contributed by atoms with Crippen LogP contribution in [-0.4, -0.2) is 20.2 Å². The summed E-state index contributed by atoms with van der Waals surface area (Å²) >= 11 is 0. The SMILES string of the molecule is Cc1ccc(-c2cc(C(=O)C[C@H](C)c3ccc(F)cn3)cn3ccnc23)cc1. The second-order valence-electron chi connectivity index (χ2n) is 7.10. The Morgan fingerprint density at radius 3 is 2.64 bits per heavy atom. The molecule has 5 heteroatoms. The molecule has 0 saturated carbocycles. The number of carbonyl (C=O) groups excluding carboxylic acids is 1. The van der Waals surface area contributed by atoms with E-state index in [0.29, 0.717) is 17.7 Å². The number of Topliss-reactive ketones (excluding diaryl/α,β-unsaturated/α-hetero) is 1. The molecule has 3 heterocycles. The number of hydrogen-bond acceptors (Lipinski definition) is 3. The average Bonchev–Trinajstić information content (AvgIpc) is 3.17. The number of rotatable bonds is 5. The average molecular weight is 373 g/mol. The number of halogens is 1. The fraction of sp³-hybridized carbons (Fsp3) is 0.174. The van der Waals surface area contributed by atoms with Crippen LogP contribution in [0.4, 0.5) is 4.39 Å². The zero-order valence-electron chi connectivity index (χ0n) is 15.8. The quantitative estimate of drug-likeness (QED) is 0.451. The van der Waals surface area contributed by atoms with Gasteiger partial charge in [-0.2, -0.15) is 0 Å². The van der Waals surface area contributed by atoms with E-state index in [1.165, 1.54) is 17.8 Å². The zero-order chi connectivity index (χ0) is 19.7. The van der Waals surface area contributed by atoms with Crippen molar-refractivity contribution in [2.24, 2.45) is 0 Å². The van der Waals surface area contributed by atoms with Gasteiger partial charge in [-0.25, -0.2) is 9.37 Å². The molecule has 0 aliphatic heterocycles. The van der Waals surface area contributed by atoms with Crippen molar-refractivity contribution in [3.8, 4) is 11.1 Å². The summed E-state index contributed by atoms with van der Waals surface area (Å²) < 4.78 is 15.0. The molecule has 3 aromatic heterocycles. The highest BCUT2D eigenvalue weighted by Crippen LogP contribution is 2.27. The van der Waals surface area contributed by atoms with Gasteiger partial charge in [-0.15, -0.1) is 0 Å². The maximum Gasteiger partial charge on any atom is 0.165 e. The minimum Gasteiger partial charge on any atom is -0.306 e. The predicted octanol–water partition coefficient (Wildman–Crippen LogP) is 5.22. The molecule has 1 aromatic carbocycles. The molecule has 0 unspecified atom stereocenters. The van der Waals surface area contributed by atoms with Crippen molar-refractivity contribution in [2.75, 3.05) is 0 Å². The van der Waals surface area contributed by atoms with Crippen molar-refractivity contribution in [2.45, 2.75) is 26.2 Å². The summed E-state index contributed by atoms with van der Waals surface area (Å²) in [4.78, 5) is 21.5. The molecule has 0 aliphatic rings. The Hall–Kier alpha value is -3.34. The summed E-state index contributed by atoms with van der Waals surface area (Å²) in [6.07, 6.45) is 6.86. The van der Waals surface area contributed by atoms with Gasteiger partial charge in [0, 0.05) is 47.8 Å². The normalized spacial score (nSPS) is 12.2. The summed E-state index contributed by atoms with van der Waals surface area (Å²) in [5, 5.41) is 0. The monoisotopic (exact) mass is 373 g/mol. The van der Waals surface area contributed by atoms with Crippen molar-refractivity contribution in [3.05, 3.63) is 89.9 Å². The van der Waals surface area contributed by atoms with Crippen LogP contribution in [0.1, 0.15) is 40.9 Å². The number of ketones is 1. The van der Waals surface area contributed by atoms with Crippen LogP contribution in [0.15, 0.2) is 67.3 Å². The van der Waals surface area contributed by atoms with E-state index in [4.69, 9.17) is 0 Å². The number of aromatic nitrogens is 3. The van der Waals surface area contributed by atoms with Crippen LogP contribution in [0.25, 0.3) is 16.8 Å². The molecule has 0 bridgehead atoms. The number of hydrogen-bond donors (Lipinski definition) is 0. The molecule has 0 spiro atoms. The van der Waals surface area contributed by atoms with Crippen LogP contribution < -0.4 is 0 Å². The summed E-state index contributed by atoms with van der Waals surface area (Å²) in [6, 6.07) is 13.1. The lowest BCUT2D eigenvalue weighted by Gasteiger charge is -2.12. The predicted molar refractivity (Wildman–Crippen MR) is 107 cm³/mol. The Labute approximate surface area is 162 Å². The number of fused-ring (bicyclic) bond motifs is 1. The second kappa shape index (κ2) is 7.35. The summed E-state index contributed by atoms with van der Waals surface area (Å²) in [5.41, 5.74) is 5.25. The molecule has 4 rings (SSSR count). The van der Waals surface area contributed by atoms with Gasteiger partial charge in [-0.1, -0.05) is 36.8 Å². The third-order valence-corrected chi connectivity index (χ3v) is 4.92. The maximum atomic E-state index is 13.1. The molecule has 4 aromatic rings. The molecule has 0 N–H and O–H groups in total. The van der Waals surface area contributed by atoms with E-state index in [1.54, 1.807) is 12.3 Å². The van der Waals surface area contributed by atoms with Gasteiger partial charge < -0.3 is 4.40 Å². The lowest BCUT2D eigenvalue weighted by Crippen LogP contribution is -2.08. The minimum atomic E-state index is -0.379. The molecule has 0 amide bonds. The van der Waals surface area contributed by atoms with E-state index in [9.17, 15) is 9.18 Å². The molecular formula is C23H20FN3O. The highest BCUT2D eigenvalue weighted by molar-refractivity contribution is 5.98. The number of aryl methyl sites for hydroxylation is 1. The molecule has 1 atom stereocenters. The Morgan fingerprint density at radius 1 is 1.14 bits per heavy atom. The molecule has 28 heavy (non-hydrogen) atoms. The topological polar surface area (TPSA) is 47.3 Å². The first-order chi connectivity index (χ1) is 13.5. The smallest absolute Gasteiger partial charge is 0.165 e. The van der Waals surface area contributed by atoms with E-state index >= 15 is 0 Å². The number of pyridine rings is 2. The van der Waals surface area contributed by atoms with E-state index in [1.807, 2.05) is 61.0 Å². The van der Waals surface area contributed by atoms with Gasteiger partial charge >= 0.3 is 0 Å². The van der Waals surface area contributed by atoms with E-state index in [2.05, 4.69) is 9.97 Å². The van der Waals surface area contributed by atoms with Gasteiger partial charge in [0.15, 0.2) is 5.78 Å². The minimum absolute atomic E-state index is 0.0163. The highest BCUT2D eigenvalue weighted by atomic mass is 19.1. The lowest BCUT2D eigenvalue weighted by atomic mass is 9.95. The highest BCUT2D eigenvalue weighted by Gasteiger charge is 2.17. The number of benzene rings is 1. The van der Waals surface area contributed by atoms with Crippen LogP contribution in [0.2, 0.25) is 0 Å². The van der Waals surface area contributed by atoms with Gasteiger partial charge in [0.25, 0.3) is 0 Å². The number of nitrogens with zero attached hydrogens (tertiary/aromatic N) is 3. The van der Waals surface area contributed by atoms with Crippen molar-refractivity contribution in [3.63, 3.8) is 0 Å². The first-order valence-electron chi connectivity index (χ1n) is 9.19. The van der Waals surface area contributed by atoms with E-state index < -0.39 is 0 Å². The molecule has 0 saturated heterocycles. The van der Waals surface area contributed by atoms with Crippen LogP contribution in [-0.2, 0) is 0 Å². The largest absolute Gasteiger partial charge is 0.306 e. The van der Waals surface area contributed by atoms with Crippen molar-refractivity contribution < 1.29 is 9.18 Å². The van der Waals surface area contributed by atoms with Crippen molar-refractivity contribution >= 4 is 11.4 Å². The molecule has 0 radical (unpaired) electrons. The van der Waals surface area contributed by atoms with Crippen LogP contribution >= 0.6 is 0 Å². The third-order valence-electron chi connectivity index (χ3n) is 4.92. The molecular weight excluding hydrogens is 353 g/mol. The summed E-state index contributed by atoms with van der Waals surface area (Å²) in [7, 11) is 0. The fourth-order valence-electron chi connectivity index (χ4n) is 3.31. The first kappa shape index (κ1) is 18.0. The van der Waals surface area contributed by atoms with Crippen LogP contribution in [0, 0.1) is 12.7 Å². The van der Waals surface area contributed by atoms with Gasteiger partial charge in [-0.05, 0) is 30.7 Å². The molecule has 4 nitrogen and oxygen atoms in total. The first-order valence-corrected chi connectivity index (χ1v) is 9.19. The van der Waals surface area contributed by atoms with Gasteiger partial charge in [0.2, 0.25) is 0 Å². The number of carbonyl (C=O) groups is 1. The van der Waals surface area contributed by atoms with Crippen molar-refractivity contribution in [1.29, 1.82) is 0 Å². The summed E-state index contributed by atoms with van der Waals surface area (Å²) in [6.45, 7) is 3.97. The Balaban J connectivity index is 1.67. The van der Waals surface area contributed by atoms with E-state index in [-0.39, 0.29) is 17.5 Å². The van der Waals surface area contributed by atoms with E-state index in [0.717, 1.165) is 16.8 Å². The molecule has 0 aliphatic carbocycles. The Morgan fingerprint density at radius 2 is 1.93 bits per heavy atom. The van der Waals surface area contributed by atoms with Gasteiger partial charge in [0.05, 0.1) is 6.20 Å². The van der Waals surface area contributed by atoms with Crippen molar-refractivity contribution in [1.82, 2.24) is 14.4 Å². The number of imidazole rings is 1. The Kier molecular flexibility index (Phi) is 4.74. The second-order valence-corrected chi connectivity index (χ2v) is 7.10. The molecule has 0 fully saturated rings. The lowest BCUT2D eigenvalue weighted by molar-refractivity contribution is 0.0974.